The number of benzene rings is 1. The fraction of sp³-hybridized carbons (Fsp3) is 0.154. The van der Waals surface area contributed by atoms with E-state index in [1.807, 2.05) is 18.2 Å². The van der Waals surface area contributed by atoms with Crippen LogP contribution in [0.4, 0.5) is 5.13 Å². The summed E-state index contributed by atoms with van der Waals surface area (Å²) in [6, 6.07) is 6.77. The van der Waals surface area contributed by atoms with Crippen LogP contribution >= 0.6 is 11.3 Å². The molecule has 2 N–H and O–H groups in total. The molecule has 0 saturated heterocycles. The summed E-state index contributed by atoms with van der Waals surface area (Å²) >= 11 is 1.35. The van der Waals surface area contributed by atoms with Crippen LogP contribution in [0.5, 0.6) is 0 Å². The first kappa shape index (κ1) is 11.9. The van der Waals surface area contributed by atoms with Gasteiger partial charge in [0, 0.05) is 23.6 Å². The molecule has 0 bridgehead atoms. The molecule has 1 atom stereocenters. The summed E-state index contributed by atoms with van der Waals surface area (Å²) in [5, 5.41) is 7.73. The van der Waals surface area contributed by atoms with Crippen molar-refractivity contribution in [3.8, 4) is 0 Å². The Hall–Kier alpha value is -2.21. The van der Waals surface area contributed by atoms with Crippen LogP contribution in [0, 0.1) is 0 Å². The Balaban J connectivity index is 1.78. The minimum absolute atomic E-state index is 0.207. The number of anilines is 1. The highest BCUT2D eigenvalue weighted by Crippen LogP contribution is 2.18. The molecule has 2 amide bonds. The van der Waals surface area contributed by atoms with Gasteiger partial charge in [-0.2, -0.15) is 0 Å². The Morgan fingerprint density at radius 3 is 3.05 bits per heavy atom. The van der Waals surface area contributed by atoms with Gasteiger partial charge in [-0.25, -0.2) is 4.98 Å². The van der Waals surface area contributed by atoms with Gasteiger partial charge in [-0.15, -0.1) is 11.3 Å². The first-order valence-electron chi connectivity index (χ1n) is 5.83. The second-order valence-electron chi connectivity index (χ2n) is 4.21. The third-order valence-electron chi connectivity index (χ3n) is 2.97. The first-order valence-corrected chi connectivity index (χ1v) is 6.71. The van der Waals surface area contributed by atoms with E-state index in [0.29, 0.717) is 17.1 Å². The van der Waals surface area contributed by atoms with Crippen LogP contribution in [-0.2, 0) is 11.2 Å². The SMILES string of the molecule is O=C1N[C@H](C(=O)Nc2nccs2)Cc2ccccc21. The van der Waals surface area contributed by atoms with E-state index in [9.17, 15) is 9.59 Å². The molecular weight excluding hydrogens is 262 g/mol. The molecule has 1 aliphatic rings. The second-order valence-corrected chi connectivity index (χ2v) is 5.11. The van der Waals surface area contributed by atoms with Crippen LogP contribution in [0.1, 0.15) is 15.9 Å². The molecule has 2 heterocycles. The molecule has 0 fully saturated rings. The van der Waals surface area contributed by atoms with Crippen LogP contribution in [0.15, 0.2) is 35.8 Å². The van der Waals surface area contributed by atoms with E-state index >= 15 is 0 Å². The molecule has 0 aliphatic carbocycles. The zero-order valence-electron chi connectivity index (χ0n) is 9.92. The molecule has 1 aliphatic heterocycles. The van der Waals surface area contributed by atoms with E-state index in [-0.39, 0.29) is 11.8 Å². The van der Waals surface area contributed by atoms with Gasteiger partial charge < -0.3 is 10.6 Å². The smallest absolute Gasteiger partial charge is 0.252 e. The summed E-state index contributed by atoms with van der Waals surface area (Å²) < 4.78 is 0. The lowest BCUT2D eigenvalue weighted by atomic mass is 9.95. The van der Waals surface area contributed by atoms with Crippen molar-refractivity contribution in [3.63, 3.8) is 0 Å². The second kappa shape index (κ2) is 4.81. The molecule has 0 radical (unpaired) electrons. The van der Waals surface area contributed by atoms with Crippen LogP contribution < -0.4 is 10.6 Å². The van der Waals surface area contributed by atoms with Crippen molar-refractivity contribution in [2.24, 2.45) is 0 Å². The van der Waals surface area contributed by atoms with Gasteiger partial charge in [-0.1, -0.05) is 18.2 Å². The van der Waals surface area contributed by atoms with E-state index < -0.39 is 6.04 Å². The maximum atomic E-state index is 12.1. The van der Waals surface area contributed by atoms with Crippen LogP contribution in [0.3, 0.4) is 0 Å². The Morgan fingerprint density at radius 1 is 1.42 bits per heavy atom. The lowest BCUT2D eigenvalue weighted by molar-refractivity contribution is -0.118. The normalized spacial score (nSPS) is 17.5. The molecular formula is C13H11N3O2S. The number of amides is 2. The highest BCUT2D eigenvalue weighted by molar-refractivity contribution is 7.13. The van der Waals surface area contributed by atoms with E-state index in [1.165, 1.54) is 11.3 Å². The lowest BCUT2D eigenvalue weighted by Gasteiger charge is -2.24. The summed E-state index contributed by atoms with van der Waals surface area (Å²) in [6.45, 7) is 0. The van der Waals surface area contributed by atoms with Gasteiger partial charge in [0.05, 0.1) is 0 Å². The van der Waals surface area contributed by atoms with Crippen LogP contribution in [0.25, 0.3) is 0 Å². The summed E-state index contributed by atoms with van der Waals surface area (Å²) in [7, 11) is 0. The summed E-state index contributed by atoms with van der Waals surface area (Å²) in [5.41, 5.74) is 1.53. The number of hydrogen-bond donors (Lipinski definition) is 2. The van der Waals surface area contributed by atoms with Crippen molar-refractivity contribution in [2.75, 3.05) is 5.32 Å². The van der Waals surface area contributed by atoms with Crippen molar-refractivity contribution in [2.45, 2.75) is 12.5 Å². The summed E-state index contributed by atoms with van der Waals surface area (Å²) in [5.74, 6) is -0.445. The minimum Gasteiger partial charge on any atom is -0.340 e. The van der Waals surface area contributed by atoms with Crippen LogP contribution in [0.2, 0.25) is 0 Å². The van der Waals surface area contributed by atoms with Gasteiger partial charge >= 0.3 is 0 Å². The van der Waals surface area contributed by atoms with Crippen molar-refractivity contribution in [1.29, 1.82) is 0 Å². The number of rotatable bonds is 2. The molecule has 2 aromatic rings. The maximum absolute atomic E-state index is 12.1. The number of thiazole rings is 1. The molecule has 5 nitrogen and oxygen atoms in total. The molecule has 96 valence electrons. The highest BCUT2D eigenvalue weighted by atomic mass is 32.1. The molecule has 1 aromatic carbocycles. The van der Waals surface area contributed by atoms with E-state index in [1.54, 1.807) is 17.6 Å². The monoisotopic (exact) mass is 273 g/mol. The number of carbonyl (C=O) groups excluding carboxylic acids is 2. The molecule has 19 heavy (non-hydrogen) atoms. The zero-order valence-corrected chi connectivity index (χ0v) is 10.7. The number of nitrogens with zero attached hydrogens (tertiary/aromatic N) is 1. The van der Waals surface area contributed by atoms with Gasteiger partial charge in [0.15, 0.2) is 5.13 Å². The van der Waals surface area contributed by atoms with Crippen molar-refractivity contribution >= 4 is 28.3 Å². The third-order valence-corrected chi connectivity index (χ3v) is 3.66. The zero-order chi connectivity index (χ0) is 13.2. The average Bonchev–Trinajstić information content (AvgIpc) is 2.91. The molecule has 1 aromatic heterocycles. The summed E-state index contributed by atoms with van der Waals surface area (Å²) in [4.78, 5) is 27.9. The van der Waals surface area contributed by atoms with Gasteiger partial charge in [-0.3, -0.25) is 9.59 Å². The molecule has 0 unspecified atom stereocenters. The standard InChI is InChI=1S/C13H11N3O2S/c17-11-9-4-2-1-3-8(9)7-10(15-11)12(18)16-13-14-5-6-19-13/h1-6,10H,7H2,(H,15,17)(H,14,16,18)/t10-/m0/s1. The lowest BCUT2D eigenvalue weighted by Crippen LogP contribution is -2.48. The van der Waals surface area contributed by atoms with Crippen LogP contribution in [-0.4, -0.2) is 22.8 Å². The van der Waals surface area contributed by atoms with E-state index in [4.69, 9.17) is 0 Å². The molecule has 0 saturated carbocycles. The predicted molar refractivity (Wildman–Crippen MR) is 72.1 cm³/mol. The number of carbonyl (C=O) groups is 2. The first-order chi connectivity index (χ1) is 9.24. The third kappa shape index (κ3) is 2.34. The van der Waals surface area contributed by atoms with Crippen molar-refractivity contribution < 1.29 is 9.59 Å². The van der Waals surface area contributed by atoms with Gasteiger partial charge in [0.25, 0.3) is 5.91 Å². The largest absolute Gasteiger partial charge is 0.340 e. The fourth-order valence-electron chi connectivity index (χ4n) is 2.06. The number of aromatic nitrogens is 1. The fourth-order valence-corrected chi connectivity index (χ4v) is 2.59. The van der Waals surface area contributed by atoms with Gasteiger partial charge in [-0.05, 0) is 11.6 Å². The molecule has 0 spiro atoms. The molecule has 3 rings (SSSR count). The number of hydrogen-bond acceptors (Lipinski definition) is 4. The predicted octanol–water partition coefficient (Wildman–Crippen LogP) is 1.44. The topological polar surface area (TPSA) is 71.1 Å². The highest BCUT2D eigenvalue weighted by Gasteiger charge is 2.28. The van der Waals surface area contributed by atoms with Crippen molar-refractivity contribution in [3.05, 3.63) is 47.0 Å². The maximum Gasteiger partial charge on any atom is 0.252 e. The number of fused-ring (bicyclic) bond motifs is 1. The summed E-state index contributed by atoms with van der Waals surface area (Å²) in [6.07, 6.45) is 2.12. The Labute approximate surface area is 113 Å². The van der Waals surface area contributed by atoms with E-state index in [2.05, 4.69) is 15.6 Å². The average molecular weight is 273 g/mol. The van der Waals surface area contributed by atoms with E-state index in [0.717, 1.165) is 5.56 Å². The van der Waals surface area contributed by atoms with Gasteiger partial charge in [0.2, 0.25) is 5.91 Å². The Morgan fingerprint density at radius 2 is 2.26 bits per heavy atom. The minimum atomic E-state index is -0.550. The molecule has 6 heteroatoms. The Bertz CT molecular complexity index is 625. The number of nitrogens with one attached hydrogen (secondary N) is 2. The van der Waals surface area contributed by atoms with Crippen molar-refractivity contribution in [1.82, 2.24) is 10.3 Å². The van der Waals surface area contributed by atoms with Gasteiger partial charge in [0.1, 0.15) is 6.04 Å². The Kier molecular flexibility index (Phi) is 3.00. The quantitative estimate of drug-likeness (QED) is 0.869.